The van der Waals surface area contributed by atoms with Crippen LogP contribution in [0.5, 0.6) is 0 Å². The van der Waals surface area contributed by atoms with Gasteiger partial charge < -0.3 is 9.58 Å². The highest BCUT2D eigenvalue weighted by Crippen LogP contribution is 2.24. The maximum Gasteiger partial charge on any atom is 0.223 e. The Bertz CT molecular complexity index is 347. The fourth-order valence-electron chi connectivity index (χ4n) is 2.13. The van der Waals surface area contributed by atoms with E-state index in [0.717, 1.165) is 25.7 Å². The van der Waals surface area contributed by atoms with Gasteiger partial charge in [-0.2, -0.15) is 0 Å². The third kappa shape index (κ3) is 3.08. The van der Waals surface area contributed by atoms with E-state index < -0.39 is 0 Å². The summed E-state index contributed by atoms with van der Waals surface area (Å²) in [5.41, 5.74) is 1.23. The highest BCUT2D eigenvalue weighted by atomic mass is 16.5. The lowest BCUT2D eigenvalue weighted by molar-refractivity contribution is 0.0158. The van der Waals surface area contributed by atoms with E-state index in [-0.39, 0.29) is 6.04 Å². The van der Waals surface area contributed by atoms with Crippen LogP contribution in [0.2, 0.25) is 0 Å². The molecule has 0 radical (unpaired) electrons. The number of rotatable bonds is 3. The van der Waals surface area contributed by atoms with Crippen LogP contribution in [-0.2, 0) is 11.3 Å². The maximum atomic E-state index is 6.98. The molecule has 1 aromatic rings. The number of nitrogens with zero attached hydrogens (tertiary/aromatic N) is 1. The molecule has 1 aliphatic rings. The molecule has 2 nitrogen and oxygen atoms in total. The number of benzene rings is 1. The third-order valence-corrected chi connectivity index (χ3v) is 3.15. The van der Waals surface area contributed by atoms with Crippen molar-refractivity contribution < 1.29 is 4.74 Å². The van der Waals surface area contributed by atoms with Gasteiger partial charge in [-0.15, -0.1) is 0 Å². The van der Waals surface area contributed by atoms with Crippen molar-refractivity contribution in [3.8, 4) is 0 Å². The second kappa shape index (κ2) is 5.67. The SMILES string of the molecule is [C-]#[N+]C1CCC(OCc2ccccc2)CC1. The highest BCUT2D eigenvalue weighted by Gasteiger charge is 2.24. The standard InChI is InChI=1S/C14H17NO/c1-15-13-7-9-14(10-8-13)16-11-12-5-3-2-4-6-12/h2-6,13-14H,7-11H2. The average Bonchev–Trinajstić information content (AvgIpc) is 2.38. The van der Waals surface area contributed by atoms with Crippen molar-refractivity contribution in [3.63, 3.8) is 0 Å². The van der Waals surface area contributed by atoms with Crippen LogP contribution in [-0.4, -0.2) is 12.1 Å². The van der Waals surface area contributed by atoms with Crippen molar-refractivity contribution in [2.75, 3.05) is 0 Å². The molecule has 1 saturated carbocycles. The van der Waals surface area contributed by atoms with Gasteiger partial charge in [-0.25, -0.2) is 6.57 Å². The quantitative estimate of drug-likeness (QED) is 0.704. The zero-order valence-corrected chi connectivity index (χ0v) is 9.43. The Morgan fingerprint density at radius 2 is 1.81 bits per heavy atom. The van der Waals surface area contributed by atoms with E-state index in [1.807, 2.05) is 18.2 Å². The normalized spacial score (nSPS) is 24.9. The predicted octanol–water partition coefficient (Wildman–Crippen LogP) is 3.43. The molecule has 1 aromatic carbocycles. The lowest BCUT2D eigenvalue weighted by Gasteiger charge is -2.22. The molecular formula is C14H17NO. The van der Waals surface area contributed by atoms with Crippen LogP contribution in [0, 0.1) is 6.57 Å². The minimum atomic E-state index is 0.247. The monoisotopic (exact) mass is 215 g/mol. The van der Waals surface area contributed by atoms with Crippen LogP contribution >= 0.6 is 0 Å². The van der Waals surface area contributed by atoms with Gasteiger partial charge in [0.2, 0.25) is 6.04 Å². The van der Waals surface area contributed by atoms with E-state index >= 15 is 0 Å². The molecule has 0 saturated heterocycles. The third-order valence-electron chi connectivity index (χ3n) is 3.15. The van der Waals surface area contributed by atoms with Crippen LogP contribution in [0.25, 0.3) is 4.85 Å². The van der Waals surface area contributed by atoms with E-state index in [4.69, 9.17) is 11.3 Å². The van der Waals surface area contributed by atoms with Gasteiger partial charge in [0.25, 0.3) is 0 Å². The van der Waals surface area contributed by atoms with E-state index in [9.17, 15) is 0 Å². The summed E-state index contributed by atoms with van der Waals surface area (Å²) in [7, 11) is 0. The largest absolute Gasteiger partial charge is 0.374 e. The van der Waals surface area contributed by atoms with Crippen LogP contribution in [0.15, 0.2) is 30.3 Å². The van der Waals surface area contributed by atoms with Crippen LogP contribution in [0.4, 0.5) is 0 Å². The van der Waals surface area contributed by atoms with Gasteiger partial charge in [-0.05, 0) is 18.4 Å². The Hall–Kier alpha value is -1.33. The first kappa shape index (κ1) is 11.2. The van der Waals surface area contributed by atoms with Gasteiger partial charge in [0.05, 0.1) is 12.7 Å². The summed E-state index contributed by atoms with van der Waals surface area (Å²) in [5, 5.41) is 0. The van der Waals surface area contributed by atoms with Gasteiger partial charge in [0.1, 0.15) is 0 Å². The molecule has 0 bridgehead atoms. The number of hydrogen-bond acceptors (Lipinski definition) is 1. The molecule has 2 heteroatoms. The molecule has 0 atom stereocenters. The summed E-state index contributed by atoms with van der Waals surface area (Å²) >= 11 is 0. The molecule has 16 heavy (non-hydrogen) atoms. The summed E-state index contributed by atoms with van der Waals surface area (Å²) < 4.78 is 5.86. The van der Waals surface area contributed by atoms with Crippen molar-refractivity contribution in [3.05, 3.63) is 47.3 Å². The van der Waals surface area contributed by atoms with Crippen molar-refractivity contribution in [1.29, 1.82) is 0 Å². The first-order valence-corrected chi connectivity index (χ1v) is 5.90. The summed E-state index contributed by atoms with van der Waals surface area (Å²) in [6.45, 7) is 7.69. The Labute approximate surface area is 97.1 Å². The Morgan fingerprint density at radius 3 is 2.44 bits per heavy atom. The summed E-state index contributed by atoms with van der Waals surface area (Å²) in [6.07, 6.45) is 4.45. The highest BCUT2D eigenvalue weighted by molar-refractivity contribution is 5.13. The molecule has 0 unspecified atom stereocenters. The Morgan fingerprint density at radius 1 is 1.12 bits per heavy atom. The van der Waals surface area contributed by atoms with Gasteiger partial charge in [-0.3, -0.25) is 0 Å². The number of hydrogen-bond donors (Lipinski definition) is 0. The molecule has 0 aromatic heterocycles. The molecule has 1 aliphatic carbocycles. The van der Waals surface area contributed by atoms with Crippen LogP contribution in [0.1, 0.15) is 31.2 Å². The predicted molar refractivity (Wildman–Crippen MR) is 63.9 cm³/mol. The second-order valence-corrected chi connectivity index (χ2v) is 4.36. The van der Waals surface area contributed by atoms with Crippen molar-refractivity contribution >= 4 is 0 Å². The maximum absolute atomic E-state index is 6.98. The molecule has 0 spiro atoms. The Balaban J connectivity index is 1.74. The topological polar surface area (TPSA) is 13.6 Å². The number of ether oxygens (including phenoxy) is 1. The first-order chi connectivity index (χ1) is 7.88. The van der Waals surface area contributed by atoms with Gasteiger partial charge in [-0.1, -0.05) is 30.3 Å². The zero-order valence-electron chi connectivity index (χ0n) is 9.43. The lowest BCUT2D eigenvalue weighted by Crippen LogP contribution is -2.22. The minimum absolute atomic E-state index is 0.247. The van der Waals surface area contributed by atoms with E-state index in [0.29, 0.717) is 12.7 Å². The fraction of sp³-hybridized carbons (Fsp3) is 0.500. The fourth-order valence-corrected chi connectivity index (χ4v) is 2.13. The van der Waals surface area contributed by atoms with Gasteiger partial charge in [0.15, 0.2) is 0 Å². The van der Waals surface area contributed by atoms with E-state index in [1.54, 1.807) is 0 Å². The molecular weight excluding hydrogens is 198 g/mol. The minimum Gasteiger partial charge on any atom is -0.374 e. The first-order valence-electron chi connectivity index (χ1n) is 5.90. The molecule has 84 valence electrons. The van der Waals surface area contributed by atoms with Gasteiger partial charge >= 0.3 is 0 Å². The molecule has 1 fully saturated rings. The van der Waals surface area contributed by atoms with Crippen LogP contribution in [0.3, 0.4) is 0 Å². The van der Waals surface area contributed by atoms with E-state index in [1.165, 1.54) is 5.56 Å². The molecule has 0 amide bonds. The van der Waals surface area contributed by atoms with E-state index in [2.05, 4.69) is 17.0 Å². The van der Waals surface area contributed by atoms with Crippen molar-refractivity contribution in [2.45, 2.75) is 44.4 Å². The van der Waals surface area contributed by atoms with Crippen LogP contribution < -0.4 is 0 Å². The molecule has 0 heterocycles. The summed E-state index contributed by atoms with van der Waals surface area (Å²) in [4.78, 5) is 3.59. The second-order valence-electron chi connectivity index (χ2n) is 4.36. The average molecular weight is 215 g/mol. The van der Waals surface area contributed by atoms with Crippen molar-refractivity contribution in [2.24, 2.45) is 0 Å². The summed E-state index contributed by atoms with van der Waals surface area (Å²) in [6, 6.07) is 10.5. The Kier molecular flexibility index (Phi) is 3.96. The molecule has 0 aliphatic heterocycles. The molecule has 0 N–H and O–H groups in total. The van der Waals surface area contributed by atoms with Gasteiger partial charge in [0, 0.05) is 12.8 Å². The zero-order chi connectivity index (χ0) is 11.2. The lowest BCUT2D eigenvalue weighted by atomic mass is 9.93. The molecule has 2 rings (SSSR count). The smallest absolute Gasteiger partial charge is 0.223 e. The summed E-state index contributed by atoms with van der Waals surface area (Å²) in [5.74, 6) is 0. The van der Waals surface area contributed by atoms with Crippen molar-refractivity contribution in [1.82, 2.24) is 0 Å².